The van der Waals surface area contributed by atoms with E-state index in [2.05, 4.69) is 43.3 Å². The summed E-state index contributed by atoms with van der Waals surface area (Å²) in [4.78, 5) is 30.4. The first-order valence-corrected chi connectivity index (χ1v) is 12.6. The average Bonchev–Trinajstić information content (AvgIpc) is 3.43. The van der Waals surface area contributed by atoms with Crippen LogP contribution in [0.15, 0.2) is 48.5 Å². The molecule has 184 valence electrons. The molecular weight excluding hydrogens is 438 g/mol. The Morgan fingerprint density at radius 1 is 0.943 bits per heavy atom. The zero-order chi connectivity index (χ0) is 24.8. The van der Waals surface area contributed by atoms with E-state index in [9.17, 15) is 9.59 Å². The van der Waals surface area contributed by atoms with E-state index in [1.807, 2.05) is 57.8 Å². The molecule has 0 bridgehead atoms. The number of likely N-dealkylation sites (tertiary alicyclic amines) is 2. The lowest BCUT2D eigenvalue weighted by atomic mass is 9.78. The third kappa shape index (κ3) is 4.51. The van der Waals surface area contributed by atoms with E-state index in [1.54, 1.807) is 0 Å². The summed E-state index contributed by atoms with van der Waals surface area (Å²) in [6, 6.07) is 15.9. The lowest BCUT2D eigenvalue weighted by Gasteiger charge is -2.39. The highest BCUT2D eigenvalue weighted by molar-refractivity contribution is 6.01. The number of aryl methyl sites for hydroxylation is 1. The third-order valence-corrected chi connectivity index (χ3v) is 7.55. The van der Waals surface area contributed by atoms with Gasteiger partial charge in [-0.25, -0.2) is 4.79 Å². The molecule has 2 fully saturated rings. The van der Waals surface area contributed by atoms with Gasteiger partial charge >= 0.3 is 6.03 Å². The topological polar surface area (TPSA) is 70.5 Å². The van der Waals surface area contributed by atoms with Gasteiger partial charge in [-0.05, 0) is 69.9 Å². The van der Waals surface area contributed by atoms with Crippen LogP contribution < -0.4 is 5.32 Å². The Bertz CT molecular complexity index is 1260. The number of nitrogens with one attached hydrogen (secondary N) is 1. The fourth-order valence-corrected chi connectivity index (χ4v) is 5.55. The van der Waals surface area contributed by atoms with Gasteiger partial charge < -0.3 is 15.1 Å². The number of anilines is 1. The highest BCUT2D eigenvalue weighted by Gasteiger charge is 2.43. The van der Waals surface area contributed by atoms with Crippen molar-refractivity contribution in [1.82, 2.24) is 19.6 Å². The van der Waals surface area contributed by atoms with Crippen LogP contribution in [0.5, 0.6) is 0 Å². The molecule has 5 rings (SSSR count). The number of carbonyl (C=O) groups is 2. The summed E-state index contributed by atoms with van der Waals surface area (Å²) in [7, 11) is 0. The number of hydrogen-bond acceptors (Lipinski definition) is 3. The van der Waals surface area contributed by atoms with Crippen molar-refractivity contribution >= 4 is 28.4 Å². The van der Waals surface area contributed by atoms with Gasteiger partial charge in [0.05, 0.1) is 16.9 Å². The second-order valence-electron chi connectivity index (χ2n) is 11.2. The summed E-state index contributed by atoms with van der Waals surface area (Å²) < 4.78 is 1.86. The molecule has 2 aromatic carbocycles. The maximum Gasteiger partial charge on any atom is 0.321 e. The van der Waals surface area contributed by atoms with Crippen molar-refractivity contribution in [2.24, 2.45) is 5.41 Å². The molecule has 7 nitrogen and oxygen atoms in total. The lowest BCUT2D eigenvalue weighted by Crippen LogP contribution is -2.46. The van der Waals surface area contributed by atoms with Gasteiger partial charge in [-0.3, -0.25) is 9.48 Å². The van der Waals surface area contributed by atoms with Crippen molar-refractivity contribution in [3.05, 3.63) is 59.9 Å². The molecule has 3 heterocycles. The molecule has 0 atom stereocenters. The minimum absolute atomic E-state index is 0.0494. The Labute approximate surface area is 207 Å². The Kier molecular flexibility index (Phi) is 5.82. The number of fused-ring (bicyclic) bond motifs is 1. The van der Waals surface area contributed by atoms with Gasteiger partial charge in [0.1, 0.15) is 5.69 Å². The van der Waals surface area contributed by atoms with Gasteiger partial charge in [0, 0.05) is 31.6 Å². The molecule has 35 heavy (non-hydrogen) atoms. The summed E-state index contributed by atoms with van der Waals surface area (Å²) in [5.41, 5.74) is 2.21. The van der Waals surface area contributed by atoms with Crippen molar-refractivity contribution in [3.8, 4) is 0 Å². The van der Waals surface area contributed by atoms with Gasteiger partial charge in [-0.1, -0.05) is 36.4 Å². The molecule has 7 heteroatoms. The van der Waals surface area contributed by atoms with E-state index >= 15 is 0 Å². The minimum Gasteiger partial charge on any atom is -0.337 e. The van der Waals surface area contributed by atoms with Crippen LogP contribution in [0.1, 0.15) is 56.2 Å². The van der Waals surface area contributed by atoms with Crippen LogP contribution in [0.2, 0.25) is 0 Å². The van der Waals surface area contributed by atoms with E-state index in [4.69, 9.17) is 0 Å². The molecule has 0 aliphatic carbocycles. The molecule has 2 aliphatic rings. The predicted molar refractivity (Wildman–Crippen MR) is 139 cm³/mol. The summed E-state index contributed by atoms with van der Waals surface area (Å²) in [5, 5.41) is 9.86. The Morgan fingerprint density at radius 2 is 1.60 bits per heavy atom. The van der Waals surface area contributed by atoms with E-state index in [0.717, 1.165) is 54.5 Å². The van der Waals surface area contributed by atoms with Gasteiger partial charge in [-0.2, -0.15) is 5.10 Å². The highest BCUT2D eigenvalue weighted by Crippen LogP contribution is 2.41. The van der Waals surface area contributed by atoms with E-state index < -0.39 is 0 Å². The van der Waals surface area contributed by atoms with Crippen molar-refractivity contribution in [3.63, 3.8) is 0 Å². The SMILES string of the molecule is Cc1cc(C(=O)N2CCC3(CCN(C(=O)Nc4cccc5ccccc45)CC3)C2)n(C(C)(C)C)n1. The number of hydrogen-bond donors (Lipinski definition) is 1. The Balaban J connectivity index is 1.22. The smallest absolute Gasteiger partial charge is 0.321 e. The maximum atomic E-state index is 13.4. The van der Waals surface area contributed by atoms with Crippen LogP contribution >= 0.6 is 0 Å². The normalized spacial score (nSPS) is 17.8. The highest BCUT2D eigenvalue weighted by atomic mass is 16.2. The first-order valence-electron chi connectivity index (χ1n) is 12.6. The predicted octanol–water partition coefficient (Wildman–Crippen LogP) is 5.26. The number of urea groups is 1. The number of amides is 3. The van der Waals surface area contributed by atoms with E-state index in [1.165, 1.54) is 0 Å². The van der Waals surface area contributed by atoms with Gasteiger partial charge in [-0.15, -0.1) is 0 Å². The molecule has 1 N–H and O–H groups in total. The number of benzene rings is 2. The number of rotatable bonds is 2. The second kappa shape index (κ2) is 8.70. The maximum absolute atomic E-state index is 13.4. The van der Waals surface area contributed by atoms with Crippen LogP contribution in [0, 0.1) is 12.3 Å². The zero-order valence-electron chi connectivity index (χ0n) is 21.2. The average molecular weight is 474 g/mol. The van der Waals surface area contributed by atoms with Crippen LogP contribution in [0.3, 0.4) is 0 Å². The van der Waals surface area contributed by atoms with Crippen molar-refractivity contribution in [2.45, 2.75) is 52.5 Å². The minimum atomic E-state index is -0.251. The molecule has 0 saturated carbocycles. The number of piperidine rings is 1. The van der Waals surface area contributed by atoms with Gasteiger partial charge in [0.2, 0.25) is 0 Å². The van der Waals surface area contributed by atoms with Crippen LogP contribution in [0.4, 0.5) is 10.5 Å². The Morgan fingerprint density at radius 3 is 2.31 bits per heavy atom. The van der Waals surface area contributed by atoms with Crippen LogP contribution in [-0.4, -0.2) is 57.7 Å². The largest absolute Gasteiger partial charge is 0.337 e. The van der Waals surface area contributed by atoms with Crippen LogP contribution in [-0.2, 0) is 5.54 Å². The molecule has 0 unspecified atom stereocenters. The second-order valence-corrected chi connectivity index (χ2v) is 11.2. The number of nitrogens with zero attached hydrogens (tertiary/aromatic N) is 4. The van der Waals surface area contributed by atoms with Gasteiger partial charge in [0.15, 0.2) is 0 Å². The van der Waals surface area contributed by atoms with E-state index in [0.29, 0.717) is 18.8 Å². The molecule has 2 saturated heterocycles. The number of aromatic nitrogens is 2. The molecule has 0 radical (unpaired) electrons. The standard InChI is InChI=1S/C28H35N5O2/c1-20-18-24(33(30-20)27(2,3)4)25(34)32-17-14-28(19-32)12-15-31(16-13-28)26(35)29-23-11-7-9-21-8-5-6-10-22(21)23/h5-11,18H,12-17,19H2,1-4H3,(H,29,35). The summed E-state index contributed by atoms with van der Waals surface area (Å²) >= 11 is 0. The molecule has 1 spiro atoms. The van der Waals surface area contributed by atoms with Crippen molar-refractivity contribution < 1.29 is 9.59 Å². The fourth-order valence-electron chi connectivity index (χ4n) is 5.55. The quantitative estimate of drug-likeness (QED) is 0.552. The summed E-state index contributed by atoms with van der Waals surface area (Å²) in [6.07, 6.45) is 2.81. The summed E-state index contributed by atoms with van der Waals surface area (Å²) in [6.45, 7) is 11.1. The molecule has 1 aromatic heterocycles. The molecule has 2 aliphatic heterocycles. The molecule has 3 aromatic rings. The first kappa shape index (κ1) is 23.4. The third-order valence-electron chi connectivity index (χ3n) is 7.55. The molecule has 3 amide bonds. The van der Waals surface area contributed by atoms with E-state index in [-0.39, 0.29) is 22.9 Å². The fraction of sp³-hybridized carbons (Fsp3) is 0.464. The Hall–Kier alpha value is -3.35. The van der Waals surface area contributed by atoms with Crippen molar-refractivity contribution in [1.29, 1.82) is 0 Å². The zero-order valence-corrected chi connectivity index (χ0v) is 21.2. The van der Waals surface area contributed by atoms with Crippen LogP contribution in [0.25, 0.3) is 10.8 Å². The first-order chi connectivity index (χ1) is 16.7. The monoisotopic (exact) mass is 473 g/mol. The summed E-state index contributed by atoms with van der Waals surface area (Å²) in [5.74, 6) is 0.0635. The number of carbonyl (C=O) groups excluding carboxylic acids is 2. The van der Waals surface area contributed by atoms with Gasteiger partial charge in [0.25, 0.3) is 5.91 Å². The van der Waals surface area contributed by atoms with Crippen molar-refractivity contribution in [2.75, 3.05) is 31.5 Å². The molecular formula is C28H35N5O2. The lowest BCUT2D eigenvalue weighted by molar-refractivity contribution is 0.0720.